The topological polar surface area (TPSA) is 99.9 Å². The molecule has 0 unspecified atom stereocenters. The van der Waals surface area contributed by atoms with Crippen molar-refractivity contribution < 1.29 is 4.92 Å². The van der Waals surface area contributed by atoms with Crippen LogP contribution in [0.15, 0.2) is 12.1 Å². The van der Waals surface area contributed by atoms with Crippen LogP contribution >= 0.6 is 11.3 Å². The first kappa shape index (κ1) is 9.59. The summed E-state index contributed by atoms with van der Waals surface area (Å²) in [4.78, 5) is 14.6. The molecular weight excluding hydrogens is 218 g/mol. The molecule has 0 aliphatic heterocycles. The van der Waals surface area contributed by atoms with E-state index < -0.39 is 4.92 Å². The number of nitrogens with zero attached hydrogens (tertiary/aromatic N) is 4. The van der Waals surface area contributed by atoms with Gasteiger partial charge in [-0.15, -0.1) is 5.10 Å². The van der Waals surface area contributed by atoms with Gasteiger partial charge in [-0.2, -0.15) is 4.98 Å². The molecule has 2 aromatic heterocycles. The van der Waals surface area contributed by atoms with E-state index in [0.717, 1.165) is 11.3 Å². The number of aryl methyl sites for hydroxylation is 1. The maximum absolute atomic E-state index is 10.5. The van der Waals surface area contributed by atoms with E-state index >= 15 is 0 Å². The van der Waals surface area contributed by atoms with Crippen molar-refractivity contribution in [1.29, 1.82) is 0 Å². The van der Waals surface area contributed by atoms with Crippen molar-refractivity contribution in [3.05, 3.63) is 22.2 Å². The number of hydrogen-bond donors (Lipinski definition) is 1. The molecule has 78 valence electrons. The van der Waals surface area contributed by atoms with Crippen LogP contribution in [0.4, 0.5) is 10.9 Å². The maximum Gasteiger partial charge on any atom is 0.324 e. The van der Waals surface area contributed by atoms with Crippen molar-refractivity contribution in [2.75, 3.05) is 5.73 Å². The number of rotatable bonds is 2. The van der Waals surface area contributed by atoms with Gasteiger partial charge in [0.15, 0.2) is 5.82 Å². The maximum atomic E-state index is 10.5. The van der Waals surface area contributed by atoms with Crippen LogP contribution in [0.5, 0.6) is 0 Å². The second-order valence-corrected chi connectivity index (χ2v) is 3.87. The summed E-state index contributed by atoms with van der Waals surface area (Å²) in [5, 5.41) is 14.6. The Morgan fingerprint density at radius 3 is 2.80 bits per heavy atom. The van der Waals surface area contributed by atoms with Crippen LogP contribution in [0.2, 0.25) is 0 Å². The Hall–Kier alpha value is -1.96. The Morgan fingerprint density at radius 1 is 1.60 bits per heavy atom. The van der Waals surface area contributed by atoms with Crippen LogP contribution in [-0.4, -0.2) is 19.7 Å². The van der Waals surface area contributed by atoms with Crippen molar-refractivity contribution in [3.8, 4) is 10.7 Å². The highest BCUT2D eigenvalue weighted by molar-refractivity contribution is 7.18. The standard InChI is InChI=1S/C7H7N5O2S/c1-11-7(8)9-6(10-11)4-2-3-5(15-4)12(13)14/h2-3H,1H3,(H2,8,9,10). The van der Waals surface area contributed by atoms with Gasteiger partial charge in [-0.1, -0.05) is 11.3 Å². The quantitative estimate of drug-likeness (QED) is 0.607. The molecule has 0 fully saturated rings. The molecule has 7 nitrogen and oxygen atoms in total. The summed E-state index contributed by atoms with van der Waals surface area (Å²) in [7, 11) is 1.66. The van der Waals surface area contributed by atoms with Gasteiger partial charge < -0.3 is 5.73 Å². The molecule has 2 rings (SSSR count). The number of nitrogen functional groups attached to an aromatic ring is 1. The molecule has 0 aliphatic rings. The monoisotopic (exact) mass is 225 g/mol. The van der Waals surface area contributed by atoms with Crippen LogP contribution < -0.4 is 5.73 Å². The molecule has 2 aromatic rings. The smallest absolute Gasteiger partial charge is 0.324 e. The fourth-order valence-corrected chi connectivity index (χ4v) is 1.80. The molecule has 0 atom stereocenters. The van der Waals surface area contributed by atoms with Gasteiger partial charge >= 0.3 is 5.00 Å². The lowest BCUT2D eigenvalue weighted by Gasteiger charge is -1.85. The molecule has 0 saturated carbocycles. The average molecular weight is 225 g/mol. The van der Waals surface area contributed by atoms with E-state index in [1.807, 2.05) is 0 Å². The molecule has 2 heterocycles. The third-order valence-corrected chi connectivity index (χ3v) is 2.82. The highest BCUT2D eigenvalue weighted by Crippen LogP contribution is 2.30. The van der Waals surface area contributed by atoms with Gasteiger partial charge in [0.2, 0.25) is 5.95 Å². The molecule has 0 radical (unpaired) electrons. The molecule has 8 heteroatoms. The van der Waals surface area contributed by atoms with Gasteiger partial charge in [0.05, 0.1) is 9.80 Å². The summed E-state index contributed by atoms with van der Waals surface area (Å²) in [6.45, 7) is 0. The zero-order valence-corrected chi connectivity index (χ0v) is 8.56. The lowest BCUT2D eigenvalue weighted by Crippen LogP contribution is -1.97. The van der Waals surface area contributed by atoms with Crippen molar-refractivity contribution in [3.63, 3.8) is 0 Å². The third-order valence-electron chi connectivity index (χ3n) is 1.79. The Labute approximate surface area is 88.3 Å². The summed E-state index contributed by atoms with van der Waals surface area (Å²) >= 11 is 1.02. The summed E-state index contributed by atoms with van der Waals surface area (Å²) in [5.41, 5.74) is 5.50. The lowest BCUT2D eigenvalue weighted by atomic mass is 10.4. The molecule has 0 saturated heterocycles. The van der Waals surface area contributed by atoms with Crippen molar-refractivity contribution >= 4 is 22.3 Å². The van der Waals surface area contributed by atoms with Gasteiger partial charge in [0.1, 0.15) is 0 Å². The predicted molar refractivity (Wildman–Crippen MR) is 55.4 cm³/mol. The minimum Gasteiger partial charge on any atom is -0.368 e. The SMILES string of the molecule is Cn1nc(-c2ccc([N+](=O)[O-])s2)nc1N. The van der Waals surface area contributed by atoms with E-state index in [2.05, 4.69) is 10.1 Å². The number of hydrogen-bond acceptors (Lipinski definition) is 6. The van der Waals surface area contributed by atoms with Gasteiger partial charge in [-0.25, -0.2) is 4.68 Å². The minimum atomic E-state index is -0.444. The first-order valence-corrected chi connectivity index (χ1v) is 4.80. The molecule has 0 bridgehead atoms. The van der Waals surface area contributed by atoms with E-state index in [1.54, 1.807) is 13.1 Å². The average Bonchev–Trinajstić information content (AvgIpc) is 2.74. The predicted octanol–water partition coefficient (Wildman–Crippen LogP) is 1.03. The normalized spacial score (nSPS) is 10.5. The molecule has 15 heavy (non-hydrogen) atoms. The van der Waals surface area contributed by atoms with Crippen LogP contribution in [0.1, 0.15) is 0 Å². The molecular formula is C7H7N5O2S. The summed E-state index contributed by atoms with van der Waals surface area (Å²) in [6.07, 6.45) is 0. The highest BCUT2D eigenvalue weighted by Gasteiger charge is 2.14. The summed E-state index contributed by atoms with van der Waals surface area (Å²) in [6, 6.07) is 3.03. The molecule has 0 aromatic carbocycles. The Kier molecular flexibility index (Phi) is 2.12. The van der Waals surface area contributed by atoms with Crippen LogP contribution in [0.25, 0.3) is 10.7 Å². The number of nitrogens with two attached hydrogens (primary N) is 1. The fourth-order valence-electron chi connectivity index (χ4n) is 1.05. The molecule has 2 N–H and O–H groups in total. The van der Waals surface area contributed by atoms with Gasteiger partial charge in [0, 0.05) is 13.1 Å². The Bertz CT molecular complexity index is 498. The minimum absolute atomic E-state index is 0.0658. The number of anilines is 1. The van der Waals surface area contributed by atoms with E-state index in [-0.39, 0.29) is 10.9 Å². The zero-order chi connectivity index (χ0) is 11.0. The third kappa shape index (κ3) is 1.66. The molecule has 0 aliphatic carbocycles. The van der Waals surface area contributed by atoms with Gasteiger partial charge in [-0.05, 0) is 6.07 Å². The van der Waals surface area contributed by atoms with Crippen LogP contribution in [0.3, 0.4) is 0 Å². The van der Waals surface area contributed by atoms with Crippen molar-refractivity contribution in [2.24, 2.45) is 7.05 Å². The van der Waals surface area contributed by atoms with E-state index in [9.17, 15) is 10.1 Å². The van der Waals surface area contributed by atoms with Gasteiger partial charge in [0.25, 0.3) is 0 Å². The van der Waals surface area contributed by atoms with E-state index in [1.165, 1.54) is 10.7 Å². The van der Waals surface area contributed by atoms with E-state index in [4.69, 9.17) is 5.73 Å². The highest BCUT2D eigenvalue weighted by atomic mass is 32.1. The van der Waals surface area contributed by atoms with E-state index in [0.29, 0.717) is 10.7 Å². The van der Waals surface area contributed by atoms with Crippen LogP contribution in [-0.2, 0) is 7.05 Å². The Balaban J connectivity index is 2.41. The second-order valence-electron chi connectivity index (χ2n) is 2.81. The molecule has 0 amide bonds. The Morgan fingerprint density at radius 2 is 2.33 bits per heavy atom. The number of aromatic nitrogens is 3. The fraction of sp³-hybridized carbons (Fsp3) is 0.143. The molecule has 0 spiro atoms. The zero-order valence-electron chi connectivity index (χ0n) is 7.75. The van der Waals surface area contributed by atoms with Gasteiger partial charge in [-0.3, -0.25) is 10.1 Å². The van der Waals surface area contributed by atoms with Crippen molar-refractivity contribution in [1.82, 2.24) is 14.8 Å². The lowest BCUT2D eigenvalue weighted by molar-refractivity contribution is -0.380. The number of thiophene rings is 1. The first-order chi connectivity index (χ1) is 7.08. The summed E-state index contributed by atoms with van der Waals surface area (Å²) in [5.74, 6) is 0.689. The second kappa shape index (κ2) is 3.31. The first-order valence-electron chi connectivity index (χ1n) is 3.99. The summed E-state index contributed by atoms with van der Waals surface area (Å²) < 4.78 is 1.42. The largest absolute Gasteiger partial charge is 0.368 e. The van der Waals surface area contributed by atoms with Crippen molar-refractivity contribution in [2.45, 2.75) is 0 Å². The number of nitro groups is 1. The van der Waals surface area contributed by atoms with Crippen LogP contribution in [0, 0.1) is 10.1 Å².